The number of pyridine rings is 1. The van der Waals surface area contributed by atoms with Crippen LogP contribution in [-0.2, 0) is 4.79 Å². The standard InChI is InChI=1S/C10H9BrCl2N2O/c11-4-6-3-8(16)15(5-6)9-7(12)1-2-14-10(9)13/h1-2,6H,3-5H2. The van der Waals surface area contributed by atoms with Crippen LogP contribution in [0, 0.1) is 5.92 Å². The molecule has 0 aromatic carbocycles. The van der Waals surface area contributed by atoms with E-state index in [0.29, 0.717) is 29.6 Å². The molecule has 1 fully saturated rings. The molecule has 1 unspecified atom stereocenters. The molecular weight excluding hydrogens is 315 g/mol. The summed E-state index contributed by atoms with van der Waals surface area (Å²) >= 11 is 15.4. The number of amides is 1. The average molecular weight is 324 g/mol. The Bertz CT molecular complexity index is 407. The maximum Gasteiger partial charge on any atom is 0.227 e. The molecule has 1 aliphatic heterocycles. The smallest absolute Gasteiger partial charge is 0.227 e. The third-order valence-electron chi connectivity index (χ3n) is 2.52. The molecule has 3 nitrogen and oxygen atoms in total. The SMILES string of the molecule is O=C1CC(CBr)CN1c1c(Cl)ccnc1Cl. The summed E-state index contributed by atoms with van der Waals surface area (Å²) in [5, 5.41) is 1.53. The van der Waals surface area contributed by atoms with Crippen molar-refractivity contribution in [1.29, 1.82) is 0 Å². The Kier molecular flexibility index (Phi) is 3.72. The number of anilines is 1. The minimum atomic E-state index is 0.0428. The molecular formula is C10H9BrCl2N2O. The number of aromatic nitrogens is 1. The predicted molar refractivity (Wildman–Crippen MR) is 68.5 cm³/mol. The van der Waals surface area contributed by atoms with Gasteiger partial charge in [0.2, 0.25) is 5.91 Å². The maximum atomic E-state index is 11.8. The lowest BCUT2D eigenvalue weighted by molar-refractivity contribution is -0.117. The Labute approximate surface area is 112 Å². The number of rotatable bonds is 2. The lowest BCUT2D eigenvalue weighted by atomic mass is 10.2. The van der Waals surface area contributed by atoms with E-state index in [2.05, 4.69) is 20.9 Å². The number of hydrogen-bond donors (Lipinski definition) is 0. The van der Waals surface area contributed by atoms with Gasteiger partial charge in [0.25, 0.3) is 0 Å². The molecule has 0 spiro atoms. The number of alkyl halides is 1. The van der Waals surface area contributed by atoms with Crippen molar-refractivity contribution >= 4 is 50.7 Å². The molecule has 1 aliphatic rings. The Morgan fingerprint density at radius 3 is 2.88 bits per heavy atom. The Morgan fingerprint density at radius 1 is 1.56 bits per heavy atom. The van der Waals surface area contributed by atoms with Crippen LogP contribution in [-0.4, -0.2) is 22.8 Å². The van der Waals surface area contributed by atoms with Crippen molar-refractivity contribution in [2.24, 2.45) is 5.92 Å². The second-order valence-corrected chi connectivity index (χ2v) is 5.07. The van der Waals surface area contributed by atoms with E-state index >= 15 is 0 Å². The van der Waals surface area contributed by atoms with E-state index < -0.39 is 0 Å². The van der Waals surface area contributed by atoms with Gasteiger partial charge in [0.15, 0.2) is 5.15 Å². The van der Waals surface area contributed by atoms with Gasteiger partial charge in [0.05, 0.1) is 5.02 Å². The topological polar surface area (TPSA) is 33.2 Å². The lowest BCUT2D eigenvalue weighted by Crippen LogP contribution is -2.25. The van der Waals surface area contributed by atoms with Crippen molar-refractivity contribution in [3.8, 4) is 0 Å². The van der Waals surface area contributed by atoms with Crippen molar-refractivity contribution in [3.05, 3.63) is 22.4 Å². The largest absolute Gasteiger partial charge is 0.308 e. The summed E-state index contributed by atoms with van der Waals surface area (Å²) in [5.74, 6) is 0.348. The van der Waals surface area contributed by atoms with Crippen LogP contribution in [0.15, 0.2) is 12.3 Å². The van der Waals surface area contributed by atoms with Crippen LogP contribution in [0.3, 0.4) is 0 Å². The molecule has 2 rings (SSSR count). The van der Waals surface area contributed by atoms with Crippen LogP contribution < -0.4 is 4.90 Å². The summed E-state index contributed by atoms with van der Waals surface area (Å²) in [6.45, 7) is 0.634. The number of halogens is 3. The zero-order valence-electron chi connectivity index (χ0n) is 8.29. The zero-order valence-corrected chi connectivity index (χ0v) is 11.4. The van der Waals surface area contributed by atoms with Crippen LogP contribution in [0.1, 0.15) is 6.42 Å². The van der Waals surface area contributed by atoms with E-state index in [1.165, 1.54) is 6.20 Å². The first kappa shape index (κ1) is 12.1. The van der Waals surface area contributed by atoms with E-state index in [9.17, 15) is 4.79 Å². The van der Waals surface area contributed by atoms with E-state index in [1.807, 2.05) is 0 Å². The number of carbonyl (C=O) groups is 1. The Morgan fingerprint density at radius 2 is 2.31 bits per heavy atom. The molecule has 1 atom stereocenters. The maximum absolute atomic E-state index is 11.8. The van der Waals surface area contributed by atoms with Gasteiger partial charge in [-0.15, -0.1) is 0 Å². The van der Waals surface area contributed by atoms with E-state index in [0.717, 1.165) is 5.33 Å². The highest BCUT2D eigenvalue weighted by Crippen LogP contribution is 2.35. The van der Waals surface area contributed by atoms with E-state index in [-0.39, 0.29) is 11.1 Å². The molecule has 0 radical (unpaired) electrons. The molecule has 1 aromatic rings. The summed E-state index contributed by atoms with van der Waals surface area (Å²) < 4.78 is 0. The van der Waals surface area contributed by atoms with Crippen molar-refractivity contribution in [1.82, 2.24) is 4.98 Å². The second-order valence-electron chi connectivity index (χ2n) is 3.66. The first-order chi connectivity index (χ1) is 7.63. The van der Waals surface area contributed by atoms with Crippen LogP contribution in [0.5, 0.6) is 0 Å². The molecule has 1 aromatic heterocycles. The lowest BCUT2D eigenvalue weighted by Gasteiger charge is -2.18. The monoisotopic (exact) mass is 322 g/mol. The molecule has 1 saturated heterocycles. The number of nitrogens with zero attached hydrogens (tertiary/aromatic N) is 2. The summed E-state index contributed by atoms with van der Waals surface area (Å²) in [5.41, 5.74) is 0.527. The van der Waals surface area contributed by atoms with Gasteiger partial charge in [-0.25, -0.2) is 4.98 Å². The molecule has 1 amide bonds. The van der Waals surface area contributed by atoms with Gasteiger partial charge < -0.3 is 4.90 Å². The quantitative estimate of drug-likeness (QED) is 0.619. The fraction of sp³-hybridized carbons (Fsp3) is 0.400. The summed E-state index contributed by atoms with van der Waals surface area (Å²) in [4.78, 5) is 17.4. The highest BCUT2D eigenvalue weighted by atomic mass is 79.9. The summed E-state index contributed by atoms with van der Waals surface area (Å²) in [7, 11) is 0. The third-order valence-corrected chi connectivity index (χ3v) is 4.02. The molecule has 16 heavy (non-hydrogen) atoms. The normalized spacial score (nSPS) is 20.6. The van der Waals surface area contributed by atoms with Crippen molar-refractivity contribution in [2.45, 2.75) is 6.42 Å². The van der Waals surface area contributed by atoms with Crippen molar-refractivity contribution in [3.63, 3.8) is 0 Å². The average Bonchev–Trinajstić information content (AvgIpc) is 2.60. The van der Waals surface area contributed by atoms with E-state index in [4.69, 9.17) is 23.2 Å². The second kappa shape index (κ2) is 4.90. The van der Waals surface area contributed by atoms with Gasteiger partial charge in [-0.3, -0.25) is 4.79 Å². The number of carbonyl (C=O) groups excluding carboxylic acids is 1. The Hall–Kier alpha value is -0.320. The molecule has 86 valence electrons. The highest BCUT2D eigenvalue weighted by Gasteiger charge is 2.32. The first-order valence-corrected chi connectivity index (χ1v) is 6.67. The van der Waals surface area contributed by atoms with Gasteiger partial charge in [-0.05, 0) is 12.0 Å². The highest BCUT2D eigenvalue weighted by molar-refractivity contribution is 9.09. The fourth-order valence-corrected chi connectivity index (χ4v) is 2.74. The van der Waals surface area contributed by atoms with Crippen LogP contribution in [0.2, 0.25) is 10.2 Å². The summed E-state index contributed by atoms with van der Waals surface area (Å²) in [6.07, 6.45) is 2.05. The Balaban J connectivity index is 2.35. The minimum absolute atomic E-state index is 0.0428. The van der Waals surface area contributed by atoms with Crippen LogP contribution in [0.4, 0.5) is 5.69 Å². The molecule has 0 N–H and O–H groups in total. The predicted octanol–water partition coefficient (Wildman–Crippen LogP) is 3.14. The van der Waals surface area contributed by atoms with Gasteiger partial charge in [-0.1, -0.05) is 39.1 Å². The zero-order chi connectivity index (χ0) is 11.7. The van der Waals surface area contributed by atoms with Crippen molar-refractivity contribution < 1.29 is 4.79 Å². The molecule has 0 saturated carbocycles. The minimum Gasteiger partial charge on any atom is -0.308 e. The van der Waals surface area contributed by atoms with Gasteiger partial charge >= 0.3 is 0 Å². The van der Waals surface area contributed by atoms with Gasteiger partial charge in [0, 0.05) is 24.5 Å². The first-order valence-electron chi connectivity index (χ1n) is 4.79. The number of hydrogen-bond acceptors (Lipinski definition) is 2. The molecule has 0 bridgehead atoms. The fourth-order valence-electron chi connectivity index (χ4n) is 1.75. The third kappa shape index (κ3) is 2.19. The molecule has 2 heterocycles. The summed E-state index contributed by atoms with van der Waals surface area (Å²) in [6, 6.07) is 1.64. The van der Waals surface area contributed by atoms with Crippen molar-refractivity contribution in [2.75, 3.05) is 16.8 Å². The molecule has 6 heteroatoms. The van der Waals surface area contributed by atoms with Crippen LogP contribution in [0.25, 0.3) is 0 Å². The van der Waals surface area contributed by atoms with Gasteiger partial charge in [-0.2, -0.15) is 0 Å². The molecule has 0 aliphatic carbocycles. The van der Waals surface area contributed by atoms with E-state index in [1.54, 1.807) is 11.0 Å². The van der Waals surface area contributed by atoms with Gasteiger partial charge in [0.1, 0.15) is 5.69 Å². The van der Waals surface area contributed by atoms with Crippen LogP contribution >= 0.6 is 39.1 Å².